The van der Waals surface area contributed by atoms with Gasteiger partial charge in [0, 0.05) is 12.5 Å². The van der Waals surface area contributed by atoms with Gasteiger partial charge in [-0.3, -0.25) is 9.69 Å². The fourth-order valence-corrected chi connectivity index (χ4v) is 3.95. The molecule has 2 fully saturated rings. The third kappa shape index (κ3) is 1.82. The molecule has 1 saturated carbocycles. The minimum atomic E-state index is -0.885. The second kappa shape index (κ2) is 4.14. The van der Waals surface area contributed by atoms with E-state index >= 15 is 0 Å². The standard InChI is InChI=1S/C15H14Cl2N2O2/c16-15(17)7-10(15)8-19-12(20)14(18-13(19)21)6-5-9-3-1-2-4-11(9)14/h1-4,10H,5-8H2,(H,18,21)/t10-,14+/m0/s1. The summed E-state index contributed by atoms with van der Waals surface area (Å²) >= 11 is 12.0. The molecule has 0 radical (unpaired) electrons. The van der Waals surface area contributed by atoms with Gasteiger partial charge in [-0.15, -0.1) is 23.2 Å². The van der Waals surface area contributed by atoms with Gasteiger partial charge in [0.05, 0.1) is 0 Å². The molecular formula is C15H14Cl2N2O2. The van der Waals surface area contributed by atoms with Gasteiger partial charge < -0.3 is 5.32 Å². The molecule has 1 aromatic carbocycles. The third-order valence-corrected chi connectivity index (χ3v) is 5.71. The Morgan fingerprint density at radius 2 is 2.00 bits per heavy atom. The van der Waals surface area contributed by atoms with E-state index in [4.69, 9.17) is 23.2 Å². The largest absolute Gasteiger partial charge is 0.325 e. The van der Waals surface area contributed by atoms with Gasteiger partial charge >= 0.3 is 6.03 Å². The summed E-state index contributed by atoms with van der Waals surface area (Å²) in [5.74, 6) is -0.198. The van der Waals surface area contributed by atoms with Crippen molar-refractivity contribution in [3.8, 4) is 0 Å². The highest BCUT2D eigenvalue weighted by atomic mass is 35.5. The molecule has 4 rings (SSSR count). The van der Waals surface area contributed by atoms with Crippen molar-refractivity contribution in [2.75, 3.05) is 6.54 Å². The summed E-state index contributed by atoms with van der Waals surface area (Å²) in [5.41, 5.74) is 1.16. The Kier molecular flexibility index (Phi) is 2.64. The lowest BCUT2D eigenvalue weighted by atomic mass is 9.92. The van der Waals surface area contributed by atoms with Crippen molar-refractivity contribution in [2.45, 2.75) is 29.1 Å². The number of nitrogens with zero attached hydrogens (tertiary/aromatic N) is 1. The Bertz CT molecular complexity index is 661. The number of amides is 3. The van der Waals surface area contributed by atoms with E-state index < -0.39 is 9.87 Å². The van der Waals surface area contributed by atoms with Crippen molar-refractivity contribution < 1.29 is 9.59 Å². The molecule has 3 amide bonds. The number of alkyl halides is 2. The number of aryl methyl sites for hydroxylation is 1. The maximum Gasteiger partial charge on any atom is 0.325 e. The lowest BCUT2D eigenvalue weighted by Gasteiger charge is -2.22. The predicted molar refractivity (Wildman–Crippen MR) is 79.2 cm³/mol. The number of hydrogen-bond donors (Lipinski definition) is 1. The number of urea groups is 1. The van der Waals surface area contributed by atoms with Crippen LogP contribution in [0.2, 0.25) is 0 Å². The Morgan fingerprint density at radius 3 is 2.71 bits per heavy atom. The summed E-state index contributed by atoms with van der Waals surface area (Å²) in [5, 5.41) is 2.90. The van der Waals surface area contributed by atoms with E-state index in [1.165, 1.54) is 4.90 Å². The minimum absolute atomic E-state index is 0.0256. The number of carbonyl (C=O) groups excluding carboxylic acids is 2. The van der Waals surface area contributed by atoms with E-state index in [1.54, 1.807) is 0 Å². The predicted octanol–water partition coefficient (Wildman–Crippen LogP) is 2.57. The van der Waals surface area contributed by atoms with Crippen LogP contribution in [-0.2, 0) is 16.8 Å². The molecule has 0 bridgehead atoms. The smallest absolute Gasteiger partial charge is 0.319 e. The summed E-state index contributed by atoms with van der Waals surface area (Å²) in [6.45, 7) is 0.293. The molecule has 1 heterocycles. The molecule has 1 N–H and O–H groups in total. The monoisotopic (exact) mass is 324 g/mol. The molecule has 4 nitrogen and oxygen atoms in total. The van der Waals surface area contributed by atoms with Crippen LogP contribution < -0.4 is 5.32 Å². The molecule has 6 heteroatoms. The quantitative estimate of drug-likeness (QED) is 0.671. The molecule has 21 heavy (non-hydrogen) atoms. The van der Waals surface area contributed by atoms with E-state index in [1.807, 2.05) is 24.3 Å². The number of rotatable bonds is 2. The van der Waals surface area contributed by atoms with Crippen LogP contribution >= 0.6 is 23.2 Å². The zero-order valence-electron chi connectivity index (χ0n) is 11.2. The van der Waals surface area contributed by atoms with Gasteiger partial charge in [-0.25, -0.2) is 4.79 Å². The first-order valence-electron chi connectivity index (χ1n) is 7.04. The van der Waals surface area contributed by atoms with Gasteiger partial charge in [-0.05, 0) is 30.4 Å². The lowest BCUT2D eigenvalue weighted by molar-refractivity contribution is -0.131. The van der Waals surface area contributed by atoms with Crippen molar-refractivity contribution >= 4 is 35.1 Å². The molecule has 110 valence electrons. The summed E-state index contributed by atoms with van der Waals surface area (Å²) in [6.07, 6.45) is 2.04. The number of halogens is 2. The number of carbonyl (C=O) groups is 2. The molecule has 2 atom stereocenters. The van der Waals surface area contributed by atoms with Crippen molar-refractivity contribution in [3.05, 3.63) is 35.4 Å². The van der Waals surface area contributed by atoms with Crippen molar-refractivity contribution in [2.24, 2.45) is 5.92 Å². The Hall–Kier alpha value is -1.26. The Morgan fingerprint density at radius 1 is 1.29 bits per heavy atom. The molecule has 1 aromatic rings. The van der Waals surface area contributed by atoms with Crippen LogP contribution in [0.25, 0.3) is 0 Å². The first-order chi connectivity index (χ1) is 9.94. The van der Waals surface area contributed by atoms with Crippen molar-refractivity contribution in [1.82, 2.24) is 10.2 Å². The Balaban J connectivity index is 1.65. The number of benzene rings is 1. The zero-order valence-corrected chi connectivity index (χ0v) is 12.7. The van der Waals surface area contributed by atoms with Crippen LogP contribution in [0, 0.1) is 5.92 Å². The van der Waals surface area contributed by atoms with Crippen LogP contribution in [-0.4, -0.2) is 27.7 Å². The number of fused-ring (bicyclic) bond motifs is 2. The summed E-state index contributed by atoms with van der Waals surface area (Å²) in [6, 6.07) is 7.45. The van der Waals surface area contributed by atoms with Crippen LogP contribution in [0.5, 0.6) is 0 Å². The molecule has 0 aromatic heterocycles. The second-order valence-electron chi connectivity index (χ2n) is 6.07. The normalized spacial score (nSPS) is 32.5. The fourth-order valence-electron chi connectivity index (χ4n) is 3.44. The minimum Gasteiger partial charge on any atom is -0.319 e. The Labute approximate surface area is 132 Å². The molecule has 3 aliphatic rings. The van der Waals surface area contributed by atoms with Crippen LogP contribution in [0.1, 0.15) is 24.0 Å². The fraction of sp³-hybridized carbons (Fsp3) is 0.467. The van der Waals surface area contributed by atoms with E-state index in [-0.39, 0.29) is 17.9 Å². The van der Waals surface area contributed by atoms with Gasteiger partial charge in [0.2, 0.25) is 0 Å². The number of imide groups is 1. The van der Waals surface area contributed by atoms with Gasteiger partial charge in [0.1, 0.15) is 9.87 Å². The highest BCUT2D eigenvalue weighted by molar-refractivity contribution is 6.50. The number of hydrogen-bond acceptors (Lipinski definition) is 2. The molecule has 0 unspecified atom stereocenters. The molecule has 1 aliphatic heterocycles. The first-order valence-corrected chi connectivity index (χ1v) is 7.80. The van der Waals surface area contributed by atoms with Crippen LogP contribution in [0.15, 0.2) is 24.3 Å². The summed E-state index contributed by atoms with van der Waals surface area (Å²) in [4.78, 5) is 26.3. The van der Waals surface area contributed by atoms with Gasteiger partial charge in [0.25, 0.3) is 5.91 Å². The maximum atomic E-state index is 12.8. The molecule has 2 aliphatic carbocycles. The highest BCUT2D eigenvalue weighted by Crippen LogP contribution is 2.54. The molecule has 1 spiro atoms. The number of nitrogens with one attached hydrogen (secondary N) is 1. The van der Waals surface area contributed by atoms with Crippen molar-refractivity contribution in [1.29, 1.82) is 0 Å². The maximum absolute atomic E-state index is 12.8. The van der Waals surface area contributed by atoms with E-state index in [9.17, 15) is 9.59 Å². The SMILES string of the molecule is O=C1N[C@@]2(CCc3ccccc32)C(=O)N1C[C@@H]1CC1(Cl)Cl. The van der Waals surface area contributed by atoms with Gasteiger partial charge in [0.15, 0.2) is 0 Å². The van der Waals surface area contributed by atoms with E-state index in [0.717, 1.165) is 17.5 Å². The second-order valence-corrected chi connectivity index (χ2v) is 7.61. The average molecular weight is 325 g/mol. The third-order valence-electron chi connectivity index (χ3n) is 4.78. The first kappa shape index (κ1) is 13.4. The summed E-state index contributed by atoms with van der Waals surface area (Å²) in [7, 11) is 0. The molecular weight excluding hydrogens is 311 g/mol. The topological polar surface area (TPSA) is 49.4 Å². The lowest BCUT2D eigenvalue weighted by Crippen LogP contribution is -2.42. The molecule has 1 saturated heterocycles. The van der Waals surface area contributed by atoms with Crippen LogP contribution in [0.3, 0.4) is 0 Å². The van der Waals surface area contributed by atoms with Crippen LogP contribution in [0.4, 0.5) is 4.79 Å². The van der Waals surface area contributed by atoms with Crippen molar-refractivity contribution in [3.63, 3.8) is 0 Å². The van der Waals surface area contributed by atoms with E-state index in [0.29, 0.717) is 19.4 Å². The van der Waals surface area contributed by atoms with E-state index in [2.05, 4.69) is 5.32 Å². The summed E-state index contributed by atoms with van der Waals surface area (Å²) < 4.78 is -0.788. The van der Waals surface area contributed by atoms with Gasteiger partial charge in [-0.2, -0.15) is 0 Å². The highest BCUT2D eigenvalue weighted by Gasteiger charge is 2.59. The van der Waals surface area contributed by atoms with Gasteiger partial charge in [-0.1, -0.05) is 24.3 Å². The zero-order chi connectivity index (χ0) is 14.8. The average Bonchev–Trinajstić information content (AvgIpc) is 2.79.